The molecule has 5 nitrogen and oxygen atoms in total. The second-order valence-electron chi connectivity index (χ2n) is 8.29. The zero-order valence-corrected chi connectivity index (χ0v) is 21.5. The summed E-state index contributed by atoms with van der Waals surface area (Å²) in [5, 5.41) is 1.86. The summed E-state index contributed by atoms with van der Waals surface area (Å²) in [7, 11) is 2.02. The van der Waals surface area contributed by atoms with Crippen LogP contribution in [0.5, 0.6) is 0 Å². The summed E-state index contributed by atoms with van der Waals surface area (Å²) in [6.07, 6.45) is 3.18. The Bertz CT molecular complexity index is 1260. The summed E-state index contributed by atoms with van der Waals surface area (Å²) in [5.74, 6) is -0.556. The lowest BCUT2D eigenvalue weighted by Gasteiger charge is -2.31. The van der Waals surface area contributed by atoms with Crippen molar-refractivity contribution in [2.24, 2.45) is 13.0 Å². The van der Waals surface area contributed by atoms with Gasteiger partial charge in [-0.1, -0.05) is 47.6 Å². The van der Waals surface area contributed by atoms with Crippen molar-refractivity contribution in [1.29, 1.82) is 0 Å². The zero-order chi connectivity index (χ0) is 24.4. The number of aryl methyl sites for hydroxylation is 1. The first-order chi connectivity index (χ1) is 16.3. The van der Waals surface area contributed by atoms with Gasteiger partial charge >= 0.3 is 5.97 Å². The number of rotatable bonds is 6. The molecule has 4 rings (SSSR count). The normalized spacial score (nSPS) is 14.4. The van der Waals surface area contributed by atoms with Gasteiger partial charge in [0.15, 0.2) is 0 Å². The minimum atomic E-state index is -0.199. The molecule has 0 bridgehead atoms. The number of nitrogens with zero attached hydrogens (tertiary/aromatic N) is 2. The molecule has 0 aliphatic carbocycles. The first-order valence-corrected chi connectivity index (χ1v) is 12.7. The minimum Gasteiger partial charge on any atom is -0.466 e. The number of hydrogen-bond donors (Lipinski definition) is 0. The second kappa shape index (κ2) is 10.5. The van der Waals surface area contributed by atoms with E-state index in [-0.39, 0.29) is 17.8 Å². The highest BCUT2D eigenvalue weighted by Gasteiger charge is 2.30. The van der Waals surface area contributed by atoms with E-state index in [0.29, 0.717) is 53.7 Å². The molecule has 1 fully saturated rings. The number of fused-ring (bicyclic) bond motifs is 1. The van der Waals surface area contributed by atoms with Crippen LogP contribution in [0.25, 0.3) is 16.5 Å². The molecule has 0 unspecified atom stereocenters. The van der Waals surface area contributed by atoms with Crippen molar-refractivity contribution in [3.05, 3.63) is 64.8 Å². The molecule has 0 atom stereocenters. The number of carbonyl (C=O) groups is 2. The van der Waals surface area contributed by atoms with E-state index in [1.54, 1.807) is 17.9 Å². The van der Waals surface area contributed by atoms with Crippen LogP contribution >= 0.6 is 35.0 Å². The van der Waals surface area contributed by atoms with Crippen molar-refractivity contribution in [1.82, 2.24) is 9.47 Å². The van der Waals surface area contributed by atoms with E-state index >= 15 is 0 Å². The van der Waals surface area contributed by atoms with Crippen molar-refractivity contribution < 1.29 is 14.3 Å². The Morgan fingerprint density at radius 2 is 1.85 bits per heavy atom. The van der Waals surface area contributed by atoms with Crippen LogP contribution < -0.4 is 0 Å². The van der Waals surface area contributed by atoms with Crippen LogP contribution in [0, 0.1) is 5.92 Å². The topological polar surface area (TPSA) is 51.5 Å². The summed E-state index contributed by atoms with van der Waals surface area (Å²) in [6.45, 7) is 7.11. The fraction of sp³-hybridized carbons (Fsp3) is 0.308. The lowest BCUT2D eigenvalue weighted by atomic mass is 9.96. The van der Waals surface area contributed by atoms with Gasteiger partial charge in [0, 0.05) is 58.2 Å². The third-order valence-corrected chi connectivity index (χ3v) is 8.16. The smallest absolute Gasteiger partial charge is 0.309 e. The van der Waals surface area contributed by atoms with Crippen LogP contribution in [0.3, 0.4) is 0 Å². The Morgan fingerprint density at radius 3 is 2.56 bits per heavy atom. The number of hydrogen-bond acceptors (Lipinski definition) is 4. The van der Waals surface area contributed by atoms with E-state index in [9.17, 15) is 9.59 Å². The van der Waals surface area contributed by atoms with Gasteiger partial charge in [-0.2, -0.15) is 0 Å². The molecule has 0 spiro atoms. The maximum absolute atomic E-state index is 13.1. The van der Waals surface area contributed by atoms with E-state index in [1.165, 1.54) is 11.8 Å². The van der Waals surface area contributed by atoms with Gasteiger partial charge in [0.25, 0.3) is 5.91 Å². The van der Waals surface area contributed by atoms with Gasteiger partial charge in [0.2, 0.25) is 0 Å². The molecule has 8 heteroatoms. The Hall–Kier alpha value is -2.41. The molecule has 34 heavy (non-hydrogen) atoms. The number of ether oxygens (including phenoxy) is 1. The van der Waals surface area contributed by atoms with Crippen LogP contribution in [-0.2, 0) is 21.4 Å². The van der Waals surface area contributed by atoms with Crippen molar-refractivity contribution >= 4 is 63.3 Å². The van der Waals surface area contributed by atoms with E-state index < -0.39 is 0 Å². The zero-order valence-electron chi connectivity index (χ0n) is 19.1. The highest BCUT2D eigenvalue weighted by atomic mass is 35.5. The summed E-state index contributed by atoms with van der Waals surface area (Å²) in [4.78, 5) is 28.6. The first kappa shape index (κ1) is 24.7. The van der Waals surface area contributed by atoms with Gasteiger partial charge in [-0.15, -0.1) is 0 Å². The lowest BCUT2D eigenvalue weighted by Crippen LogP contribution is -2.40. The number of benzene rings is 2. The molecule has 0 N–H and O–H groups in total. The quantitative estimate of drug-likeness (QED) is 0.279. The van der Waals surface area contributed by atoms with Crippen molar-refractivity contribution in [2.45, 2.75) is 29.6 Å². The number of likely N-dealkylation sites (tertiary alicyclic amines) is 1. The van der Waals surface area contributed by atoms with Gasteiger partial charge in [0.1, 0.15) is 0 Å². The molecule has 1 amide bonds. The average Bonchev–Trinajstić information content (AvgIpc) is 3.21. The Balaban J connectivity index is 1.46. The Labute approximate surface area is 213 Å². The van der Waals surface area contributed by atoms with Crippen molar-refractivity contribution in [2.75, 3.05) is 19.7 Å². The van der Waals surface area contributed by atoms with Crippen LogP contribution in [0.4, 0.5) is 0 Å². The van der Waals surface area contributed by atoms with E-state index in [2.05, 4.69) is 29.3 Å². The average molecular weight is 517 g/mol. The number of piperidine rings is 1. The van der Waals surface area contributed by atoms with Gasteiger partial charge < -0.3 is 14.2 Å². The molecular formula is C26H26Cl2N2O3S. The fourth-order valence-electron chi connectivity index (χ4n) is 4.18. The Morgan fingerprint density at radius 1 is 1.12 bits per heavy atom. The van der Waals surface area contributed by atoms with Gasteiger partial charge in [-0.3, -0.25) is 9.59 Å². The summed E-state index contributed by atoms with van der Waals surface area (Å²) in [6, 6.07) is 12.0. The van der Waals surface area contributed by atoms with Gasteiger partial charge in [0.05, 0.1) is 22.6 Å². The molecule has 2 aromatic carbocycles. The molecule has 1 saturated heterocycles. The number of aromatic nitrogens is 1. The minimum absolute atomic E-state index is 0.165. The number of halogens is 2. The number of amides is 1. The molecule has 2 heterocycles. The van der Waals surface area contributed by atoms with Crippen LogP contribution in [-0.4, -0.2) is 41.0 Å². The fourth-order valence-corrected chi connectivity index (χ4v) is 5.70. The first-order valence-electron chi connectivity index (χ1n) is 11.2. The third kappa shape index (κ3) is 4.99. The SMILES string of the molecule is C=C(C(=O)N1CCC(C(=O)OCC)CC1)c1ccc(Sc2ccc3c(ccn3C)c2)c(Cl)c1Cl. The standard InChI is InChI=1S/C26H26Cl2N2O3S/c1-4-33-26(32)17-10-13-30(14-11-17)25(31)16(2)20-6-8-22(24(28)23(20)27)34-19-5-7-21-18(15-19)9-12-29(21)3/h5-9,12,15,17H,2,4,10-11,13-14H2,1,3H3. The summed E-state index contributed by atoms with van der Waals surface area (Å²) in [5.41, 5.74) is 1.97. The highest BCUT2D eigenvalue weighted by Crippen LogP contribution is 2.41. The maximum atomic E-state index is 13.1. The molecular weight excluding hydrogens is 491 g/mol. The summed E-state index contributed by atoms with van der Waals surface area (Å²) < 4.78 is 7.18. The van der Waals surface area contributed by atoms with Crippen LogP contribution in [0.1, 0.15) is 25.3 Å². The molecule has 1 aliphatic rings. The van der Waals surface area contributed by atoms with Gasteiger partial charge in [-0.05, 0) is 50.1 Å². The Kier molecular flexibility index (Phi) is 7.60. The molecule has 0 saturated carbocycles. The maximum Gasteiger partial charge on any atom is 0.309 e. The lowest BCUT2D eigenvalue weighted by molar-refractivity contribution is -0.150. The molecule has 0 radical (unpaired) electrons. The second-order valence-corrected chi connectivity index (χ2v) is 10.2. The molecule has 1 aromatic heterocycles. The van der Waals surface area contributed by atoms with E-state index in [1.807, 2.05) is 25.4 Å². The van der Waals surface area contributed by atoms with Crippen molar-refractivity contribution in [3.63, 3.8) is 0 Å². The predicted molar refractivity (Wildman–Crippen MR) is 138 cm³/mol. The van der Waals surface area contributed by atoms with Gasteiger partial charge in [-0.25, -0.2) is 0 Å². The number of esters is 1. The highest BCUT2D eigenvalue weighted by molar-refractivity contribution is 7.99. The molecule has 3 aromatic rings. The molecule has 1 aliphatic heterocycles. The monoisotopic (exact) mass is 516 g/mol. The third-order valence-electron chi connectivity index (χ3n) is 6.12. The van der Waals surface area contributed by atoms with Crippen molar-refractivity contribution in [3.8, 4) is 0 Å². The summed E-state index contributed by atoms with van der Waals surface area (Å²) >= 11 is 14.7. The van der Waals surface area contributed by atoms with Crippen LogP contribution in [0.2, 0.25) is 10.0 Å². The molecule has 178 valence electrons. The number of carbonyl (C=O) groups excluding carboxylic acids is 2. The van der Waals surface area contributed by atoms with E-state index in [0.717, 1.165) is 20.7 Å². The predicted octanol–water partition coefficient (Wildman–Crippen LogP) is 6.45. The van der Waals surface area contributed by atoms with Crippen LogP contribution in [0.15, 0.2) is 59.0 Å². The van der Waals surface area contributed by atoms with E-state index in [4.69, 9.17) is 27.9 Å². The largest absolute Gasteiger partial charge is 0.466 e.